The van der Waals surface area contributed by atoms with Crippen molar-refractivity contribution in [3.05, 3.63) is 34.4 Å². The van der Waals surface area contributed by atoms with E-state index < -0.39 is 11.1 Å². The summed E-state index contributed by atoms with van der Waals surface area (Å²) in [4.78, 5) is 20.3. The van der Waals surface area contributed by atoms with Crippen LogP contribution in [0.1, 0.15) is 0 Å². The third kappa shape index (κ3) is 3.61. The predicted octanol–water partition coefficient (Wildman–Crippen LogP) is 0.915. The van der Waals surface area contributed by atoms with E-state index in [1.807, 2.05) is 0 Å². The van der Waals surface area contributed by atoms with Crippen LogP contribution in [0.3, 0.4) is 0 Å². The minimum absolute atomic E-state index is 0. The molecule has 0 aromatic heterocycles. The van der Waals surface area contributed by atoms with Gasteiger partial charge in [-0.25, -0.2) is 4.79 Å². The standard InChI is InChI=1S/C8H7NO5.H2O/c1-13-8(10)14-7-4-2-6(3-5-7)9(11)12;/h2-5H,1H3;1H2. The molecule has 0 atom stereocenters. The molecule has 7 heteroatoms. The smallest absolute Gasteiger partial charge is 0.437 e. The van der Waals surface area contributed by atoms with Crippen molar-refractivity contribution < 1.29 is 24.7 Å². The number of non-ortho nitro benzene ring substituents is 1. The van der Waals surface area contributed by atoms with Crippen molar-refractivity contribution in [2.45, 2.75) is 0 Å². The van der Waals surface area contributed by atoms with Gasteiger partial charge in [-0.3, -0.25) is 10.1 Å². The van der Waals surface area contributed by atoms with Crippen molar-refractivity contribution in [1.82, 2.24) is 0 Å². The average Bonchev–Trinajstić information content (AvgIpc) is 2.18. The molecule has 0 aliphatic carbocycles. The lowest BCUT2D eigenvalue weighted by atomic mass is 10.3. The minimum atomic E-state index is -0.862. The molecule has 0 fully saturated rings. The molecule has 0 saturated heterocycles. The topological polar surface area (TPSA) is 110 Å². The minimum Gasteiger partial charge on any atom is -0.437 e. The number of methoxy groups -OCH3 is 1. The molecule has 0 aliphatic heterocycles. The van der Waals surface area contributed by atoms with E-state index in [1.165, 1.54) is 31.4 Å². The number of nitro benzene ring substituents is 1. The number of nitrogens with zero attached hydrogens (tertiary/aromatic N) is 1. The van der Waals surface area contributed by atoms with E-state index in [4.69, 9.17) is 0 Å². The Labute approximate surface area is 84.7 Å². The SMILES string of the molecule is COC(=O)Oc1ccc([N+](=O)[O-])cc1.O. The molecule has 0 saturated carbocycles. The molecule has 0 amide bonds. The van der Waals surface area contributed by atoms with Crippen LogP contribution in [0.25, 0.3) is 0 Å². The first-order valence-corrected chi connectivity index (χ1v) is 3.63. The molecule has 0 heterocycles. The summed E-state index contributed by atoms with van der Waals surface area (Å²) < 4.78 is 8.85. The van der Waals surface area contributed by atoms with Crippen molar-refractivity contribution in [2.24, 2.45) is 0 Å². The van der Waals surface area contributed by atoms with Crippen LogP contribution < -0.4 is 4.74 Å². The summed E-state index contributed by atoms with van der Waals surface area (Å²) in [7, 11) is 1.17. The van der Waals surface area contributed by atoms with Crippen LogP contribution in [0.15, 0.2) is 24.3 Å². The summed E-state index contributed by atoms with van der Waals surface area (Å²) in [5, 5.41) is 10.3. The van der Waals surface area contributed by atoms with Crippen LogP contribution in [0.5, 0.6) is 5.75 Å². The maximum absolute atomic E-state index is 10.6. The van der Waals surface area contributed by atoms with Crippen molar-refractivity contribution in [1.29, 1.82) is 0 Å². The molecule has 1 aromatic rings. The number of carbonyl (C=O) groups is 1. The Morgan fingerprint density at radius 1 is 1.33 bits per heavy atom. The largest absolute Gasteiger partial charge is 0.513 e. The molecule has 0 radical (unpaired) electrons. The highest BCUT2D eigenvalue weighted by Crippen LogP contribution is 2.17. The second-order valence-electron chi connectivity index (χ2n) is 2.31. The molecule has 1 aromatic carbocycles. The van der Waals surface area contributed by atoms with Gasteiger partial charge < -0.3 is 14.9 Å². The quantitative estimate of drug-likeness (QED) is 0.315. The summed E-state index contributed by atoms with van der Waals surface area (Å²) in [5.74, 6) is 0.197. The van der Waals surface area contributed by atoms with Crippen LogP contribution in [0, 0.1) is 10.1 Å². The maximum Gasteiger partial charge on any atom is 0.513 e. The lowest BCUT2D eigenvalue weighted by molar-refractivity contribution is -0.384. The van der Waals surface area contributed by atoms with E-state index in [0.29, 0.717) is 0 Å². The fourth-order valence-electron chi connectivity index (χ4n) is 0.774. The van der Waals surface area contributed by atoms with Gasteiger partial charge in [0.15, 0.2) is 0 Å². The second-order valence-corrected chi connectivity index (χ2v) is 2.31. The Kier molecular flexibility index (Phi) is 4.76. The highest BCUT2D eigenvalue weighted by atomic mass is 16.7. The maximum atomic E-state index is 10.6. The van der Waals surface area contributed by atoms with Crippen molar-refractivity contribution in [3.63, 3.8) is 0 Å². The number of carbonyl (C=O) groups excluding carboxylic acids is 1. The molecule has 15 heavy (non-hydrogen) atoms. The fourth-order valence-corrected chi connectivity index (χ4v) is 0.774. The van der Waals surface area contributed by atoms with Gasteiger partial charge in [0.2, 0.25) is 0 Å². The summed E-state index contributed by atoms with van der Waals surface area (Å²) >= 11 is 0. The highest BCUT2D eigenvalue weighted by Gasteiger charge is 2.07. The Hall–Kier alpha value is -2.15. The number of rotatable bonds is 2. The molecular formula is C8H9NO6. The molecule has 2 N–H and O–H groups in total. The van der Waals surface area contributed by atoms with E-state index in [2.05, 4.69) is 9.47 Å². The van der Waals surface area contributed by atoms with Gasteiger partial charge in [0, 0.05) is 12.1 Å². The predicted molar refractivity (Wildman–Crippen MR) is 49.7 cm³/mol. The summed E-state index contributed by atoms with van der Waals surface area (Å²) in [6.07, 6.45) is -0.862. The van der Waals surface area contributed by atoms with E-state index in [0.717, 1.165) is 0 Å². The van der Waals surface area contributed by atoms with Crippen molar-refractivity contribution >= 4 is 11.8 Å². The Morgan fingerprint density at radius 2 is 1.87 bits per heavy atom. The van der Waals surface area contributed by atoms with E-state index in [1.54, 1.807) is 0 Å². The number of hydrogen-bond donors (Lipinski definition) is 0. The van der Waals surface area contributed by atoms with Crippen LogP contribution >= 0.6 is 0 Å². The normalized spacial score (nSPS) is 8.60. The lowest BCUT2D eigenvalue weighted by Crippen LogP contribution is -2.06. The van der Waals surface area contributed by atoms with Gasteiger partial charge in [-0.2, -0.15) is 0 Å². The average molecular weight is 215 g/mol. The number of nitro groups is 1. The lowest BCUT2D eigenvalue weighted by Gasteiger charge is -2.00. The second kappa shape index (κ2) is 5.55. The van der Waals surface area contributed by atoms with Crippen LogP contribution in [0.4, 0.5) is 10.5 Å². The third-order valence-electron chi connectivity index (χ3n) is 1.42. The monoisotopic (exact) mass is 215 g/mol. The van der Waals surface area contributed by atoms with Gasteiger partial charge in [-0.05, 0) is 12.1 Å². The molecular weight excluding hydrogens is 206 g/mol. The molecule has 0 unspecified atom stereocenters. The van der Waals surface area contributed by atoms with Gasteiger partial charge in [-0.1, -0.05) is 0 Å². The van der Waals surface area contributed by atoms with E-state index >= 15 is 0 Å². The Morgan fingerprint density at radius 3 is 2.27 bits per heavy atom. The van der Waals surface area contributed by atoms with Gasteiger partial charge in [-0.15, -0.1) is 0 Å². The molecule has 1 rings (SSSR count). The summed E-state index contributed by atoms with van der Waals surface area (Å²) in [6, 6.07) is 5.10. The molecule has 7 nitrogen and oxygen atoms in total. The highest BCUT2D eigenvalue weighted by molar-refractivity contribution is 5.63. The van der Waals surface area contributed by atoms with Crippen LogP contribution in [0.2, 0.25) is 0 Å². The van der Waals surface area contributed by atoms with Gasteiger partial charge in [0.1, 0.15) is 5.75 Å². The van der Waals surface area contributed by atoms with Gasteiger partial charge in [0.25, 0.3) is 5.69 Å². The molecule has 0 spiro atoms. The Balaban J connectivity index is 0.00000196. The summed E-state index contributed by atoms with van der Waals surface area (Å²) in [6.45, 7) is 0. The zero-order chi connectivity index (χ0) is 10.6. The first kappa shape index (κ1) is 12.8. The molecule has 0 bridgehead atoms. The van der Waals surface area contributed by atoms with Crippen molar-refractivity contribution in [2.75, 3.05) is 7.11 Å². The van der Waals surface area contributed by atoms with Gasteiger partial charge >= 0.3 is 6.16 Å². The van der Waals surface area contributed by atoms with Crippen LogP contribution in [-0.4, -0.2) is 23.7 Å². The van der Waals surface area contributed by atoms with Crippen LogP contribution in [-0.2, 0) is 4.74 Å². The zero-order valence-corrected chi connectivity index (χ0v) is 7.80. The third-order valence-corrected chi connectivity index (χ3v) is 1.42. The van der Waals surface area contributed by atoms with E-state index in [-0.39, 0.29) is 16.9 Å². The van der Waals surface area contributed by atoms with Gasteiger partial charge in [0.05, 0.1) is 12.0 Å². The Bertz CT molecular complexity index is 347. The first-order valence-electron chi connectivity index (χ1n) is 3.63. The fraction of sp³-hybridized carbons (Fsp3) is 0.125. The van der Waals surface area contributed by atoms with Crippen molar-refractivity contribution in [3.8, 4) is 5.75 Å². The summed E-state index contributed by atoms with van der Waals surface area (Å²) in [5.41, 5.74) is -0.0674. The first-order chi connectivity index (χ1) is 6.63. The van der Waals surface area contributed by atoms with E-state index in [9.17, 15) is 14.9 Å². The number of ether oxygens (including phenoxy) is 2. The molecule has 0 aliphatic rings. The zero-order valence-electron chi connectivity index (χ0n) is 7.80. The number of hydrogen-bond acceptors (Lipinski definition) is 5. The number of benzene rings is 1. The molecule has 82 valence electrons.